The van der Waals surface area contributed by atoms with Gasteiger partial charge in [0.2, 0.25) is 5.91 Å². The zero-order chi connectivity index (χ0) is 22.8. The Hall–Kier alpha value is -3.41. The van der Waals surface area contributed by atoms with Crippen molar-refractivity contribution in [3.8, 4) is 0 Å². The van der Waals surface area contributed by atoms with Crippen LogP contribution in [0.15, 0.2) is 66.9 Å². The van der Waals surface area contributed by atoms with Gasteiger partial charge in [-0.3, -0.25) is 9.59 Å². The number of halogens is 1. The van der Waals surface area contributed by atoms with Crippen LogP contribution in [0, 0.1) is 12.7 Å². The first-order valence-corrected chi connectivity index (χ1v) is 10.9. The lowest BCUT2D eigenvalue weighted by atomic mass is 9.98. The topological polar surface area (TPSA) is 45.6 Å². The molecule has 2 amide bonds. The summed E-state index contributed by atoms with van der Waals surface area (Å²) in [4.78, 5) is 30.0. The molecule has 32 heavy (non-hydrogen) atoms. The molecule has 1 aromatic heterocycles. The number of hydrogen-bond donors (Lipinski definition) is 0. The number of benzene rings is 2. The first-order chi connectivity index (χ1) is 15.3. The largest absolute Gasteiger partial charge is 0.348 e. The minimum atomic E-state index is -0.470. The minimum Gasteiger partial charge on any atom is -0.348 e. The Kier molecular flexibility index (Phi) is 6.12. The molecule has 166 valence electrons. The molecule has 0 aliphatic carbocycles. The van der Waals surface area contributed by atoms with Crippen LogP contribution in [0.4, 0.5) is 4.39 Å². The molecule has 0 spiro atoms. The SMILES string of the molecule is Cc1cccc(C2c3cccn3CCN2C(=O)CN(C(=O)c2cccc(F)c2)C(C)C)c1. The summed E-state index contributed by atoms with van der Waals surface area (Å²) in [6.45, 7) is 6.97. The molecule has 2 heterocycles. The van der Waals surface area contributed by atoms with Gasteiger partial charge in [-0.25, -0.2) is 4.39 Å². The van der Waals surface area contributed by atoms with Crippen molar-refractivity contribution >= 4 is 11.8 Å². The molecule has 0 saturated heterocycles. The summed E-state index contributed by atoms with van der Waals surface area (Å²) < 4.78 is 15.9. The number of amides is 2. The van der Waals surface area contributed by atoms with Crippen molar-refractivity contribution in [1.29, 1.82) is 0 Å². The van der Waals surface area contributed by atoms with Gasteiger partial charge in [-0.2, -0.15) is 0 Å². The summed E-state index contributed by atoms with van der Waals surface area (Å²) in [5.41, 5.74) is 3.48. The number of rotatable bonds is 5. The van der Waals surface area contributed by atoms with Crippen LogP contribution in [0.5, 0.6) is 0 Å². The van der Waals surface area contributed by atoms with E-state index in [0.717, 1.165) is 16.8 Å². The smallest absolute Gasteiger partial charge is 0.254 e. The van der Waals surface area contributed by atoms with E-state index in [2.05, 4.69) is 10.6 Å². The van der Waals surface area contributed by atoms with E-state index in [1.54, 1.807) is 6.07 Å². The molecule has 0 N–H and O–H groups in total. The highest BCUT2D eigenvalue weighted by molar-refractivity contribution is 5.96. The molecule has 1 aliphatic heterocycles. The second kappa shape index (κ2) is 8.99. The Morgan fingerprint density at radius 2 is 1.84 bits per heavy atom. The Morgan fingerprint density at radius 1 is 1.06 bits per heavy atom. The van der Waals surface area contributed by atoms with Crippen LogP contribution < -0.4 is 0 Å². The van der Waals surface area contributed by atoms with Gasteiger partial charge in [-0.05, 0) is 56.7 Å². The van der Waals surface area contributed by atoms with Crippen LogP contribution in [0.1, 0.15) is 47.1 Å². The van der Waals surface area contributed by atoms with E-state index in [1.807, 2.05) is 62.2 Å². The maximum Gasteiger partial charge on any atom is 0.254 e. The first kappa shape index (κ1) is 21.8. The molecule has 1 aliphatic rings. The average molecular weight is 434 g/mol. The Morgan fingerprint density at radius 3 is 2.56 bits per heavy atom. The predicted octanol–water partition coefficient (Wildman–Crippen LogP) is 4.42. The highest BCUT2D eigenvalue weighted by Gasteiger charge is 2.34. The van der Waals surface area contributed by atoms with Gasteiger partial charge < -0.3 is 14.4 Å². The Labute approximate surface area is 188 Å². The van der Waals surface area contributed by atoms with Crippen molar-refractivity contribution in [2.75, 3.05) is 13.1 Å². The number of aromatic nitrogens is 1. The van der Waals surface area contributed by atoms with Crippen molar-refractivity contribution in [3.63, 3.8) is 0 Å². The number of nitrogens with zero attached hydrogens (tertiary/aromatic N) is 3. The van der Waals surface area contributed by atoms with Crippen LogP contribution in [-0.4, -0.2) is 45.3 Å². The maximum absolute atomic E-state index is 13.7. The van der Waals surface area contributed by atoms with Crippen molar-refractivity contribution in [1.82, 2.24) is 14.4 Å². The molecule has 3 aromatic rings. The summed E-state index contributed by atoms with van der Waals surface area (Å²) in [6, 6.07) is 17.4. The van der Waals surface area contributed by atoms with Gasteiger partial charge in [0.05, 0.1) is 6.04 Å². The van der Waals surface area contributed by atoms with Crippen molar-refractivity contribution < 1.29 is 14.0 Å². The normalized spacial score (nSPS) is 15.5. The van der Waals surface area contributed by atoms with Gasteiger partial charge in [0.15, 0.2) is 0 Å². The molecular formula is C26H28FN3O2. The molecule has 0 radical (unpaired) electrons. The molecule has 6 heteroatoms. The zero-order valence-corrected chi connectivity index (χ0v) is 18.7. The first-order valence-electron chi connectivity index (χ1n) is 10.9. The third-order valence-electron chi connectivity index (χ3n) is 5.98. The van der Waals surface area contributed by atoms with E-state index in [9.17, 15) is 14.0 Å². The molecule has 5 nitrogen and oxygen atoms in total. The van der Waals surface area contributed by atoms with Gasteiger partial charge in [-0.15, -0.1) is 0 Å². The van der Waals surface area contributed by atoms with Crippen LogP contribution in [0.2, 0.25) is 0 Å². The zero-order valence-electron chi connectivity index (χ0n) is 18.7. The molecule has 2 aromatic carbocycles. The molecule has 1 unspecified atom stereocenters. The number of hydrogen-bond acceptors (Lipinski definition) is 2. The second-order valence-electron chi connectivity index (χ2n) is 8.57. The Balaban J connectivity index is 1.63. The van der Waals surface area contributed by atoms with Gasteiger partial charge in [0.25, 0.3) is 5.91 Å². The van der Waals surface area contributed by atoms with E-state index in [1.165, 1.54) is 23.1 Å². The molecule has 0 bridgehead atoms. The van der Waals surface area contributed by atoms with Gasteiger partial charge in [0, 0.05) is 36.6 Å². The van der Waals surface area contributed by atoms with Crippen molar-refractivity contribution in [3.05, 3.63) is 95.1 Å². The third kappa shape index (κ3) is 4.31. The van der Waals surface area contributed by atoms with Crippen LogP contribution in [0.25, 0.3) is 0 Å². The second-order valence-corrected chi connectivity index (χ2v) is 8.57. The molecule has 0 saturated carbocycles. The van der Waals surface area contributed by atoms with Gasteiger partial charge in [0.1, 0.15) is 12.4 Å². The lowest BCUT2D eigenvalue weighted by Gasteiger charge is -2.39. The summed E-state index contributed by atoms with van der Waals surface area (Å²) in [6.07, 6.45) is 2.04. The number of fused-ring (bicyclic) bond motifs is 1. The fourth-order valence-electron chi connectivity index (χ4n) is 4.36. The van der Waals surface area contributed by atoms with Gasteiger partial charge >= 0.3 is 0 Å². The maximum atomic E-state index is 13.7. The van der Waals surface area contributed by atoms with Crippen LogP contribution >= 0.6 is 0 Å². The number of aryl methyl sites for hydroxylation is 1. The standard InChI is InChI=1S/C26H28FN3O2/c1-18(2)30(26(32)21-9-5-10-22(27)16-21)17-24(31)29-14-13-28-12-6-11-23(28)25(29)20-8-4-7-19(3)15-20/h4-12,15-16,18,25H,13-14,17H2,1-3H3. The average Bonchev–Trinajstić information content (AvgIpc) is 3.25. The quantitative estimate of drug-likeness (QED) is 0.598. The molecule has 4 rings (SSSR count). The van der Waals surface area contributed by atoms with E-state index < -0.39 is 5.82 Å². The number of carbonyl (C=O) groups excluding carboxylic acids is 2. The highest BCUT2D eigenvalue weighted by atomic mass is 19.1. The molecule has 1 atom stereocenters. The lowest BCUT2D eigenvalue weighted by molar-refractivity contribution is -0.135. The van der Waals surface area contributed by atoms with Gasteiger partial charge in [-0.1, -0.05) is 35.9 Å². The fraction of sp³-hybridized carbons (Fsp3) is 0.308. The summed E-state index contributed by atoms with van der Waals surface area (Å²) >= 11 is 0. The summed E-state index contributed by atoms with van der Waals surface area (Å²) in [5, 5.41) is 0. The molecular weight excluding hydrogens is 405 g/mol. The molecule has 0 fully saturated rings. The monoisotopic (exact) mass is 433 g/mol. The summed E-state index contributed by atoms with van der Waals surface area (Å²) in [7, 11) is 0. The van der Waals surface area contributed by atoms with E-state index in [0.29, 0.717) is 13.1 Å². The fourth-order valence-corrected chi connectivity index (χ4v) is 4.36. The third-order valence-corrected chi connectivity index (χ3v) is 5.98. The summed E-state index contributed by atoms with van der Waals surface area (Å²) in [5.74, 6) is -0.940. The van der Waals surface area contributed by atoms with E-state index in [4.69, 9.17) is 0 Å². The van der Waals surface area contributed by atoms with E-state index in [-0.39, 0.29) is 36.0 Å². The lowest BCUT2D eigenvalue weighted by Crippen LogP contribution is -2.49. The Bertz CT molecular complexity index is 1140. The van der Waals surface area contributed by atoms with E-state index >= 15 is 0 Å². The van der Waals surface area contributed by atoms with Crippen LogP contribution in [0.3, 0.4) is 0 Å². The predicted molar refractivity (Wildman–Crippen MR) is 122 cm³/mol. The minimum absolute atomic E-state index is 0.0595. The van der Waals surface area contributed by atoms with Crippen LogP contribution in [-0.2, 0) is 11.3 Å². The number of carbonyl (C=O) groups is 2. The van der Waals surface area contributed by atoms with Crippen molar-refractivity contribution in [2.24, 2.45) is 0 Å². The van der Waals surface area contributed by atoms with Crippen molar-refractivity contribution in [2.45, 2.75) is 39.4 Å². The highest BCUT2D eigenvalue weighted by Crippen LogP contribution is 2.33.